The Bertz CT molecular complexity index is 835. The maximum Gasteiger partial charge on any atom is 0.272 e. The van der Waals surface area contributed by atoms with Crippen molar-refractivity contribution in [2.75, 3.05) is 25.0 Å². The number of nitrogens with zero attached hydrogens (tertiary/aromatic N) is 1. The van der Waals surface area contributed by atoms with E-state index in [0.29, 0.717) is 34.6 Å². The van der Waals surface area contributed by atoms with E-state index in [2.05, 4.69) is 10.3 Å². The molecule has 8 heteroatoms. The molecule has 0 aliphatic carbocycles. The Labute approximate surface area is 158 Å². The minimum Gasteiger partial charge on any atom is -0.274 e. The van der Waals surface area contributed by atoms with Crippen molar-refractivity contribution >= 4 is 39.0 Å². The summed E-state index contributed by atoms with van der Waals surface area (Å²) >= 11 is 12.0. The van der Waals surface area contributed by atoms with E-state index in [1.807, 2.05) is 12.1 Å². The quantitative estimate of drug-likeness (QED) is 0.808. The van der Waals surface area contributed by atoms with Gasteiger partial charge in [0.2, 0.25) is 10.0 Å². The fourth-order valence-corrected chi connectivity index (χ4v) is 4.80. The molecular weight excluding hydrogens is 381 g/mol. The molecule has 1 aromatic heterocycles. The van der Waals surface area contributed by atoms with Crippen molar-refractivity contribution in [3.8, 4) is 0 Å². The largest absolute Gasteiger partial charge is 0.274 e. The zero-order chi connectivity index (χ0) is 17.9. The smallest absolute Gasteiger partial charge is 0.272 e. The summed E-state index contributed by atoms with van der Waals surface area (Å²) in [6.45, 7) is 1.87. The molecule has 0 bridgehead atoms. The first-order valence-electron chi connectivity index (χ1n) is 8.16. The molecule has 1 saturated heterocycles. The summed E-state index contributed by atoms with van der Waals surface area (Å²) in [5.41, 5.74) is 1.01. The fourth-order valence-electron chi connectivity index (χ4n) is 2.81. The lowest BCUT2D eigenvalue weighted by Gasteiger charge is -2.14. The predicted octanol–water partition coefficient (Wildman–Crippen LogP) is 3.25. The van der Waals surface area contributed by atoms with Crippen LogP contribution in [0.3, 0.4) is 0 Å². The Morgan fingerprint density at radius 2 is 1.88 bits per heavy atom. The zero-order valence-electron chi connectivity index (χ0n) is 13.6. The van der Waals surface area contributed by atoms with Gasteiger partial charge in [-0.1, -0.05) is 29.3 Å². The zero-order valence-corrected chi connectivity index (χ0v) is 16.0. The first-order chi connectivity index (χ1) is 12.0. The van der Waals surface area contributed by atoms with Crippen molar-refractivity contribution in [2.24, 2.45) is 0 Å². The van der Waals surface area contributed by atoms with Crippen molar-refractivity contribution in [3.63, 3.8) is 0 Å². The van der Waals surface area contributed by atoms with Gasteiger partial charge in [-0.25, -0.2) is 13.4 Å². The van der Waals surface area contributed by atoms with Gasteiger partial charge in [-0.05, 0) is 36.6 Å². The van der Waals surface area contributed by atoms with Crippen LogP contribution in [0.4, 0.5) is 5.82 Å². The molecule has 1 fully saturated rings. The highest BCUT2D eigenvalue weighted by molar-refractivity contribution is 7.89. The van der Waals surface area contributed by atoms with Crippen LogP contribution in [0.5, 0.6) is 0 Å². The SMILES string of the molecule is O=S(=O)(c1ccc(NCCc2ccc(Cl)cc2Cl)[nH+]c1)N1CCCC1. The van der Waals surface area contributed by atoms with E-state index >= 15 is 0 Å². The Morgan fingerprint density at radius 1 is 1.12 bits per heavy atom. The highest BCUT2D eigenvalue weighted by Gasteiger charge is 2.27. The molecule has 3 rings (SSSR count). The van der Waals surface area contributed by atoms with Gasteiger partial charge in [0.15, 0.2) is 0 Å². The Kier molecular flexibility index (Phi) is 5.84. The van der Waals surface area contributed by atoms with Crippen LogP contribution in [0.2, 0.25) is 10.0 Å². The minimum absolute atomic E-state index is 0.292. The van der Waals surface area contributed by atoms with E-state index in [9.17, 15) is 8.42 Å². The van der Waals surface area contributed by atoms with Crippen molar-refractivity contribution < 1.29 is 13.4 Å². The molecule has 2 heterocycles. The molecule has 1 aliphatic rings. The minimum atomic E-state index is -3.38. The lowest BCUT2D eigenvalue weighted by atomic mass is 10.1. The number of nitrogens with one attached hydrogen (secondary N) is 2. The molecule has 25 heavy (non-hydrogen) atoms. The van der Waals surface area contributed by atoms with Crippen LogP contribution in [-0.4, -0.2) is 32.4 Å². The molecule has 5 nitrogen and oxygen atoms in total. The number of hydrogen-bond acceptors (Lipinski definition) is 3. The first kappa shape index (κ1) is 18.5. The lowest BCUT2D eigenvalue weighted by Crippen LogP contribution is -2.29. The van der Waals surface area contributed by atoms with Crippen LogP contribution in [0, 0.1) is 0 Å². The molecule has 1 aromatic carbocycles. The van der Waals surface area contributed by atoms with Gasteiger partial charge in [0.05, 0.1) is 6.54 Å². The average molecular weight is 401 g/mol. The molecule has 0 amide bonds. The van der Waals surface area contributed by atoms with E-state index in [1.165, 1.54) is 10.5 Å². The molecular formula is C17H20Cl2N3O2S+. The molecule has 0 saturated carbocycles. The summed E-state index contributed by atoms with van der Waals surface area (Å²) in [5, 5.41) is 4.49. The molecule has 2 N–H and O–H groups in total. The van der Waals surface area contributed by atoms with Gasteiger partial charge in [0.1, 0.15) is 11.1 Å². The number of aromatic amines is 1. The number of sulfonamides is 1. The molecule has 0 spiro atoms. The number of pyridine rings is 1. The summed E-state index contributed by atoms with van der Waals surface area (Å²) in [4.78, 5) is 3.30. The highest BCUT2D eigenvalue weighted by atomic mass is 35.5. The predicted molar refractivity (Wildman–Crippen MR) is 99.6 cm³/mol. The monoisotopic (exact) mass is 400 g/mol. The lowest BCUT2D eigenvalue weighted by molar-refractivity contribution is -0.364. The number of rotatable bonds is 6. The number of aromatic nitrogens is 1. The number of halogens is 2. The van der Waals surface area contributed by atoms with Gasteiger partial charge in [-0.15, -0.1) is 0 Å². The summed E-state index contributed by atoms with van der Waals surface area (Å²) in [5.74, 6) is 0.755. The van der Waals surface area contributed by atoms with Crippen LogP contribution in [0.25, 0.3) is 0 Å². The molecule has 0 atom stereocenters. The van der Waals surface area contributed by atoms with Crippen molar-refractivity contribution in [1.29, 1.82) is 0 Å². The van der Waals surface area contributed by atoms with Crippen molar-refractivity contribution in [1.82, 2.24) is 4.31 Å². The van der Waals surface area contributed by atoms with Crippen molar-refractivity contribution in [3.05, 3.63) is 52.1 Å². The van der Waals surface area contributed by atoms with E-state index in [-0.39, 0.29) is 0 Å². The number of hydrogen-bond donors (Lipinski definition) is 1. The third kappa shape index (κ3) is 4.44. The van der Waals surface area contributed by atoms with Gasteiger partial charge in [0, 0.05) is 35.6 Å². The second-order valence-electron chi connectivity index (χ2n) is 5.96. The molecule has 134 valence electrons. The van der Waals surface area contributed by atoms with E-state index in [0.717, 1.165) is 30.6 Å². The van der Waals surface area contributed by atoms with Gasteiger partial charge >= 0.3 is 0 Å². The normalized spacial score (nSPS) is 15.4. The van der Waals surface area contributed by atoms with Crippen LogP contribution < -0.4 is 10.3 Å². The summed E-state index contributed by atoms with van der Waals surface area (Å²) in [6, 6.07) is 8.81. The van der Waals surface area contributed by atoms with E-state index in [1.54, 1.807) is 18.2 Å². The molecule has 0 unspecified atom stereocenters. The van der Waals surface area contributed by atoms with Gasteiger partial charge < -0.3 is 0 Å². The maximum absolute atomic E-state index is 12.5. The third-order valence-electron chi connectivity index (χ3n) is 4.21. The average Bonchev–Trinajstić information content (AvgIpc) is 3.13. The van der Waals surface area contributed by atoms with E-state index in [4.69, 9.17) is 23.2 Å². The fraction of sp³-hybridized carbons (Fsp3) is 0.353. The summed E-state index contributed by atoms with van der Waals surface area (Å²) in [6.07, 6.45) is 4.12. The molecule has 2 aromatic rings. The standard InChI is InChI=1S/C17H19Cl2N3O2S/c18-14-4-3-13(16(19)11-14)7-8-20-17-6-5-15(12-21-17)25(23,24)22-9-1-2-10-22/h3-6,11-12H,1-2,7-10H2,(H,20,21)/p+1. The number of benzene rings is 1. The van der Waals surface area contributed by atoms with E-state index < -0.39 is 10.0 Å². The Balaban J connectivity index is 1.59. The second kappa shape index (κ2) is 7.91. The summed E-state index contributed by atoms with van der Waals surface area (Å²) in [7, 11) is -3.38. The topological polar surface area (TPSA) is 63.6 Å². The summed E-state index contributed by atoms with van der Waals surface area (Å²) < 4.78 is 26.5. The van der Waals surface area contributed by atoms with Crippen LogP contribution in [0.15, 0.2) is 41.4 Å². The Morgan fingerprint density at radius 3 is 2.52 bits per heavy atom. The third-order valence-corrected chi connectivity index (χ3v) is 6.69. The van der Waals surface area contributed by atoms with Gasteiger partial charge in [0.25, 0.3) is 5.82 Å². The molecule has 0 radical (unpaired) electrons. The second-order valence-corrected chi connectivity index (χ2v) is 8.74. The van der Waals surface area contributed by atoms with Gasteiger partial charge in [-0.2, -0.15) is 4.31 Å². The van der Waals surface area contributed by atoms with Crippen molar-refractivity contribution in [2.45, 2.75) is 24.2 Å². The van der Waals surface area contributed by atoms with Crippen LogP contribution in [-0.2, 0) is 16.4 Å². The highest BCUT2D eigenvalue weighted by Crippen LogP contribution is 2.22. The molecule has 1 aliphatic heterocycles. The number of H-pyrrole nitrogens is 1. The Hall–Kier alpha value is -1.34. The van der Waals surface area contributed by atoms with Crippen LogP contribution in [0.1, 0.15) is 18.4 Å². The van der Waals surface area contributed by atoms with Gasteiger partial charge in [-0.3, -0.25) is 5.32 Å². The maximum atomic E-state index is 12.5. The first-order valence-corrected chi connectivity index (χ1v) is 10.4. The van der Waals surface area contributed by atoms with Crippen LogP contribution >= 0.6 is 23.2 Å². The number of anilines is 1.